The van der Waals surface area contributed by atoms with Crippen molar-refractivity contribution in [3.05, 3.63) is 0 Å². The van der Waals surface area contributed by atoms with Crippen LogP contribution in [0.1, 0.15) is 25.7 Å². The molecule has 2 fully saturated rings. The first kappa shape index (κ1) is 12.8. The third-order valence-corrected chi connectivity index (χ3v) is 4.25. The van der Waals surface area contributed by atoms with Crippen molar-refractivity contribution in [1.29, 1.82) is 0 Å². The van der Waals surface area contributed by atoms with E-state index < -0.39 is 0 Å². The summed E-state index contributed by atoms with van der Waals surface area (Å²) in [5.74, 6) is 0.0783. The number of hydrogen-bond acceptors (Lipinski definition) is 4. The number of nitrogens with one attached hydrogen (secondary N) is 1. The Balaban J connectivity index is 1.87. The van der Waals surface area contributed by atoms with Crippen LogP contribution in [-0.2, 0) is 14.3 Å². The van der Waals surface area contributed by atoms with Crippen molar-refractivity contribution >= 4 is 5.91 Å². The molecule has 2 aliphatic rings. The first-order valence-electron chi connectivity index (χ1n) is 6.28. The predicted octanol–water partition coefficient (Wildman–Crippen LogP) is 0.0371. The summed E-state index contributed by atoms with van der Waals surface area (Å²) in [7, 11) is 1.67. The summed E-state index contributed by atoms with van der Waals surface area (Å²) in [5.41, 5.74) is 5.05. The van der Waals surface area contributed by atoms with Gasteiger partial charge in [-0.1, -0.05) is 6.42 Å². The molecule has 1 aliphatic carbocycles. The van der Waals surface area contributed by atoms with Gasteiger partial charge in [0, 0.05) is 33.2 Å². The summed E-state index contributed by atoms with van der Waals surface area (Å²) in [5, 5.41) is 2.99. The maximum absolute atomic E-state index is 12.1. The van der Waals surface area contributed by atoms with E-state index in [1.54, 1.807) is 7.11 Å². The molecule has 0 aromatic carbocycles. The molecular formula is C12H22N2O3. The van der Waals surface area contributed by atoms with Crippen molar-refractivity contribution in [2.75, 3.05) is 33.4 Å². The second-order valence-corrected chi connectivity index (χ2v) is 5.21. The van der Waals surface area contributed by atoms with Crippen LogP contribution in [0, 0.1) is 5.41 Å². The SMILES string of the molecule is COC1(CNC(=O)C2(CN)CCC2)CCOC1. The molecule has 5 heteroatoms. The van der Waals surface area contributed by atoms with E-state index in [4.69, 9.17) is 15.2 Å². The third-order valence-electron chi connectivity index (χ3n) is 4.25. The van der Waals surface area contributed by atoms with Gasteiger partial charge in [0.2, 0.25) is 5.91 Å². The molecule has 1 aliphatic heterocycles. The highest BCUT2D eigenvalue weighted by molar-refractivity contribution is 5.83. The average Bonchev–Trinajstić information content (AvgIpc) is 2.75. The number of hydrogen-bond donors (Lipinski definition) is 2. The van der Waals surface area contributed by atoms with E-state index in [0.717, 1.165) is 25.7 Å². The molecule has 3 N–H and O–H groups in total. The molecule has 0 bridgehead atoms. The van der Waals surface area contributed by atoms with Gasteiger partial charge in [-0.05, 0) is 12.8 Å². The lowest BCUT2D eigenvalue weighted by Gasteiger charge is -2.40. The minimum Gasteiger partial charge on any atom is -0.378 e. The van der Waals surface area contributed by atoms with Gasteiger partial charge in [0.1, 0.15) is 5.60 Å². The predicted molar refractivity (Wildman–Crippen MR) is 63.5 cm³/mol. The number of methoxy groups -OCH3 is 1. The fourth-order valence-corrected chi connectivity index (χ4v) is 2.52. The smallest absolute Gasteiger partial charge is 0.227 e. The van der Waals surface area contributed by atoms with Gasteiger partial charge >= 0.3 is 0 Å². The van der Waals surface area contributed by atoms with Gasteiger partial charge in [-0.15, -0.1) is 0 Å². The number of carbonyl (C=O) groups is 1. The van der Waals surface area contributed by atoms with Gasteiger partial charge in [0.15, 0.2) is 0 Å². The number of ether oxygens (including phenoxy) is 2. The molecule has 5 nitrogen and oxygen atoms in total. The summed E-state index contributed by atoms with van der Waals surface area (Å²) in [6.45, 7) is 2.21. The molecule has 1 heterocycles. The zero-order valence-electron chi connectivity index (χ0n) is 10.5. The fraction of sp³-hybridized carbons (Fsp3) is 0.917. The van der Waals surface area contributed by atoms with Crippen LogP contribution < -0.4 is 11.1 Å². The van der Waals surface area contributed by atoms with E-state index in [1.165, 1.54) is 0 Å². The average molecular weight is 242 g/mol. The highest BCUT2D eigenvalue weighted by Gasteiger charge is 2.44. The van der Waals surface area contributed by atoms with E-state index in [2.05, 4.69) is 5.32 Å². The molecule has 1 amide bonds. The molecule has 0 aromatic heterocycles. The monoisotopic (exact) mass is 242 g/mol. The van der Waals surface area contributed by atoms with E-state index in [9.17, 15) is 4.79 Å². The van der Waals surface area contributed by atoms with E-state index in [-0.39, 0.29) is 16.9 Å². The van der Waals surface area contributed by atoms with Gasteiger partial charge in [-0.25, -0.2) is 0 Å². The normalized spacial score (nSPS) is 30.9. The second kappa shape index (κ2) is 4.92. The van der Waals surface area contributed by atoms with Crippen LogP contribution in [0.2, 0.25) is 0 Å². The Morgan fingerprint density at radius 2 is 2.24 bits per heavy atom. The van der Waals surface area contributed by atoms with Crippen LogP contribution in [0.25, 0.3) is 0 Å². The summed E-state index contributed by atoms with van der Waals surface area (Å²) >= 11 is 0. The summed E-state index contributed by atoms with van der Waals surface area (Å²) in [6, 6.07) is 0. The summed E-state index contributed by atoms with van der Waals surface area (Å²) in [4.78, 5) is 12.1. The summed E-state index contributed by atoms with van der Waals surface area (Å²) < 4.78 is 10.8. The van der Waals surface area contributed by atoms with Crippen LogP contribution >= 0.6 is 0 Å². The minimum absolute atomic E-state index is 0.0783. The molecule has 98 valence electrons. The maximum atomic E-state index is 12.1. The number of carbonyl (C=O) groups excluding carboxylic acids is 1. The lowest BCUT2D eigenvalue weighted by atomic mass is 9.68. The molecule has 1 saturated heterocycles. The topological polar surface area (TPSA) is 73.6 Å². The van der Waals surface area contributed by atoms with Crippen LogP contribution in [0.5, 0.6) is 0 Å². The maximum Gasteiger partial charge on any atom is 0.227 e. The Morgan fingerprint density at radius 1 is 1.47 bits per heavy atom. The first-order valence-corrected chi connectivity index (χ1v) is 6.28. The Kier molecular flexibility index (Phi) is 3.70. The molecule has 1 saturated carbocycles. The zero-order valence-corrected chi connectivity index (χ0v) is 10.5. The van der Waals surface area contributed by atoms with Crippen molar-refractivity contribution < 1.29 is 14.3 Å². The second-order valence-electron chi connectivity index (χ2n) is 5.21. The standard InChI is InChI=1S/C12H22N2O3/c1-16-12(5-6-17-9-12)8-14-10(15)11(7-13)3-2-4-11/h2-9,13H2,1H3,(H,14,15). The van der Waals surface area contributed by atoms with Gasteiger partial charge < -0.3 is 20.5 Å². The summed E-state index contributed by atoms with van der Waals surface area (Å²) in [6.07, 6.45) is 3.75. The van der Waals surface area contributed by atoms with Crippen molar-refractivity contribution in [3.63, 3.8) is 0 Å². The fourth-order valence-electron chi connectivity index (χ4n) is 2.52. The Labute approximate surface area is 102 Å². The largest absolute Gasteiger partial charge is 0.378 e. The van der Waals surface area contributed by atoms with Gasteiger partial charge in [-0.2, -0.15) is 0 Å². The molecule has 17 heavy (non-hydrogen) atoms. The minimum atomic E-state index is -0.338. The number of nitrogens with two attached hydrogens (primary N) is 1. The van der Waals surface area contributed by atoms with Crippen molar-refractivity contribution in [1.82, 2.24) is 5.32 Å². The van der Waals surface area contributed by atoms with Gasteiger partial charge in [-0.3, -0.25) is 4.79 Å². The van der Waals surface area contributed by atoms with Crippen LogP contribution in [0.3, 0.4) is 0 Å². The molecule has 0 radical (unpaired) electrons. The highest BCUT2D eigenvalue weighted by Crippen LogP contribution is 2.40. The zero-order chi connectivity index (χ0) is 12.4. The van der Waals surface area contributed by atoms with Gasteiger partial charge in [0.05, 0.1) is 12.0 Å². The first-order chi connectivity index (χ1) is 8.16. The van der Waals surface area contributed by atoms with Crippen molar-refractivity contribution in [2.24, 2.45) is 11.1 Å². The highest BCUT2D eigenvalue weighted by atomic mass is 16.5. The van der Waals surface area contributed by atoms with Crippen LogP contribution in [0.15, 0.2) is 0 Å². The van der Waals surface area contributed by atoms with E-state index in [0.29, 0.717) is 26.3 Å². The Bertz CT molecular complexity index is 278. The molecule has 1 unspecified atom stereocenters. The van der Waals surface area contributed by atoms with E-state index in [1.807, 2.05) is 0 Å². The third kappa shape index (κ3) is 2.32. The Morgan fingerprint density at radius 3 is 2.65 bits per heavy atom. The molecule has 1 atom stereocenters. The number of amides is 1. The Hall–Kier alpha value is -0.650. The molecular weight excluding hydrogens is 220 g/mol. The molecule has 0 aromatic rings. The van der Waals surface area contributed by atoms with Crippen molar-refractivity contribution in [3.8, 4) is 0 Å². The molecule has 2 rings (SSSR count). The lowest BCUT2D eigenvalue weighted by molar-refractivity contribution is -0.136. The van der Waals surface area contributed by atoms with Crippen LogP contribution in [0.4, 0.5) is 0 Å². The quantitative estimate of drug-likeness (QED) is 0.714. The number of rotatable bonds is 5. The van der Waals surface area contributed by atoms with Crippen molar-refractivity contribution in [2.45, 2.75) is 31.3 Å². The lowest BCUT2D eigenvalue weighted by Crippen LogP contribution is -2.54. The van der Waals surface area contributed by atoms with E-state index >= 15 is 0 Å². The van der Waals surface area contributed by atoms with Crippen LogP contribution in [-0.4, -0.2) is 44.9 Å². The molecule has 0 spiro atoms. The van der Waals surface area contributed by atoms with Gasteiger partial charge in [0.25, 0.3) is 0 Å².